The summed E-state index contributed by atoms with van der Waals surface area (Å²) in [6.07, 6.45) is 2.13. The van der Waals surface area contributed by atoms with Gasteiger partial charge in [0.05, 0.1) is 17.8 Å². The second kappa shape index (κ2) is 8.31. The number of phenols is 1. The Kier molecular flexibility index (Phi) is 6.42. The lowest BCUT2D eigenvalue weighted by Crippen LogP contribution is -2.46. The molecule has 1 saturated heterocycles. The van der Waals surface area contributed by atoms with Crippen LogP contribution in [0.3, 0.4) is 0 Å². The van der Waals surface area contributed by atoms with Crippen molar-refractivity contribution in [1.82, 2.24) is 10.2 Å². The molecule has 1 aromatic carbocycles. The number of morpholine rings is 1. The lowest BCUT2D eigenvalue weighted by atomic mass is 10.1. The van der Waals surface area contributed by atoms with Crippen LogP contribution in [0, 0.1) is 0 Å². The number of aromatic hydroxyl groups is 1. The van der Waals surface area contributed by atoms with Gasteiger partial charge in [-0.25, -0.2) is 0 Å². The molecule has 2 N–H and O–H groups in total. The van der Waals surface area contributed by atoms with Gasteiger partial charge in [-0.3, -0.25) is 9.69 Å². The first-order valence-electron chi connectivity index (χ1n) is 8.48. The van der Waals surface area contributed by atoms with Crippen LogP contribution in [-0.2, 0) is 11.2 Å². The summed E-state index contributed by atoms with van der Waals surface area (Å²) in [4.78, 5) is 14.6. The molecule has 2 atom stereocenters. The molecule has 0 aromatic heterocycles. The van der Waals surface area contributed by atoms with Crippen LogP contribution in [0.25, 0.3) is 0 Å². The summed E-state index contributed by atoms with van der Waals surface area (Å²) in [6, 6.07) is 5.31. The molecule has 0 saturated carbocycles. The summed E-state index contributed by atoms with van der Waals surface area (Å²) >= 11 is 0. The Hall–Kier alpha value is -1.59. The first kappa shape index (κ1) is 17.8. The maximum absolute atomic E-state index is 12.2. The fraction of sp³-hybridized carbons (Fsp3) is 0.611. The maximum Gasteiger partial charge on any atom is 0.255 e. The maximum atomic E-state index is 12.2. The Bertz CT molecular complexity index is 523. The average molecular weight is 320 g/mol. The van der Waals surface area contributed by atoms with Crippen LogP contribution in [0.4, 0.5) is 0 Å². The fourth-order valence-corrected chi connectivity index (χ4v) is 3.13. The summed E-state index contributed by atoms with van der Waals surface area (Å²) in [5, 5.41) is 13.0. The van der Waals surface area contributed by atoms with Crippen molar-refractivity contribution in [1.29, 1.82) is 0 Å². The highest BCUT2D eigenvalue weighted by atomic mass is 16.5. The molecule has 0 bridgehead atoms. The third kappa shape index (κ3) is 4.94. The van der Waals surface area contributed by atoms with Crippen LogP contribution in [0.1, 0.15) is 43.1 Å². The summed E-state index contributed by atoms with van der Waals surface area (Å²) in [5.74, 6) is -0.107. The van der Waals surface area contributed by atoms with Gasteiger partial charge in [0.2, 0.25) is 0 Å². The highest BCUT2D eigenvalue weighted by Crippen LogP contribution is 2.22. The van der Waals surface area contributed by atoms with Crippen LogP contribution in [0.5, 0.6) is 5.75 Å². The second-order valence-corrected chi connectivity index (χ2v) is 6.29. The van der Waals surface area contributed by atoms with Gasteiger partial charge in [0.1, 0.15) is 5.75 Å². The molecule has 1 aromatic rings. The molecule has 5 heteroatoms. The lowest BCUT2D eigenvalue weighted by molar-refractivity contribution is -0.0680. The van der Waals surface area contributed by atoms with Crippen LogP contribution in [0.15, 0.2) is 18.2 Å². The van der Waals surface area contributed by atoms with E-state index in [1.54, 1.807) is 6.07 Å². The van der Waals surface area contributed by atoms with Gasteiger partial charge >= 0.3 is 0 Å². The number of nitrogens with one attached hydrogen (secondary N) is 1. The van der Waals surface area contributed by atoms with Crippen molar-refractivity contribution in [2.45, 2.75) is 45.8 Å². The molecule has 1 aliphatic rings. The Morgan fingerprint density at radius 1 is 1.35 bits per heavy atom. The number of hydrogen-bond acceptors (Lipinski definition) is 4. The normalized spacial score (nSPS) is 22.0. The molecule has 5 nitrogen and oxygen atoms in total. The number of ether oxygens (including phenoxy) is 1. The van der Waals surface area contributed by atoms with Gasteiger partial charge in [0.15, 0.2) is 0 Å². The molecule has 0 aliphatic carbocycles. The molecule has 0 spiro atoms. The number of nitrogens with zero attached hydrogens (tertiary/aromatic N) is 1. The molecule has 2 unspecified atom stereocenters. The molecule has 1 fully saturated rings. The van der Waals surface area contributed by atoms with Gasteiger partial charge in [-0.05, 0) is 38.3 Å². The first-order chi connectivity index (χ1) is 11.0. The topological polar surface area (TPSA) is 61.8 Å². The van der Waals surface area contributed by atoms with Crippen molar-refractivity contribution >= 4 is 5.91 Å². The predicted octanol–water partition coefficient (Wildman–Crippen LogP) is 2.18. The second-order valence-electron chi connectivity index (χ2n) is 6.29. The van der Waals surface area contributed by atoms with Gasteiger partial charge < -0.3 is 15.2 Å². The minimum atomic E-state index is -0.207. The van der Waals surface area contributed by atoms with Crippen molar-refractivity contribution in [2.24, 2.45) is 0 Å². The van der Waals surface area contributed by atoms with Crippen LogP contribution < -0.4 is 5.32 Å². The zero-order valence-electron chi connectivity index (χ0n) is 14.3. The zero-order valence-corrected chi connectivity index (χ0v) is 14.3. The summed E-state index contributed by atoms with van der Waals surface area (Å²) in [6.45, 7) is 9.58. The Morgan fingerprint density at radius 2 is 2.04 bits per heavy atom. The Morgan fingerprint density at radius 3 is 2.70 bits per heavy atom. The third-order valence-corrected chi connectivity index (χ3v) is 4.18. The van der Waals surface area contributed by atoms with Crippen LogP contribution in [0.2, 0.25) is 0 Å². The number of amides is 1. The zero-order chi connectivity index (χ0) is 16.8. The molecule has 128 valence electrons. The summed E-state index contributed by atoms with van der Waals surface area (Å²) in [5.41, 5.74) is 1.16. The van der Waals surface area contributed by atoms with E-state index in [2.05, 4.69) is 24.1 Å². The molecule has 23 heavy (non-hydrogen) atoms. The Balaban J connectivity index is 1.77. The number of para-hydroxylation sites is 1. The minimum absolute atomic E-state index is 0.100. The molecular formula is C18H28N2O3. The molecule has 0 radical (unpaired) electrons. The van der Waals surface area contributed by atoms with Gasteiger partial charge in [-0.2, -0.15) is 0 Å². The number of rotatable bonds is 6. The number of benzene rings is 1. The van der Waals surface area contributed by atoms with Gasteiger partial charge in [0, 0.05) is 26.2 Å². The van der Waals surface area contributed by atoms with Crippen molar-refractivity contribution in [3.63, 3.8) is 0 Å². The van der Waals surface area contributed by atoms with Crippen molar-refractivity contribution in [3.8, 4) is 5.75 Å². The molecular weight excluding hydrogens is 292 g/mol. The smallest absolute Gasteiger partial charge is 0.255 e. The van der Waals surface area contributed by atoms with Gasteiger partial charge in [-0.1, -0.05) is 19.1 Å². The SMILES string of the molecule is CCc1cccc(C(=O)NCCCN2CC(C)OC(C)C2)c1O. The number of carbonyl (C=O) groups is 1. The number of hydrogen-bond donors (Lipinski definition) is 2. The van der Waals surface area contributed by atoms with E-state index in [0.29, 0.717) is 18.5 Å². The van der Waals surface area contributed by atoms with E-state index in [1.807, 2.05) is 19.1 Å². The summed E-state index contributed by atoms with van der Waals surface area (Å²) < 4.78 is 5.71. The fourth-order valence-electron chi connectivity index (χ4n) is 3.13. The molecule has 1 heterocycles. The standard InChI is InChI=1S/C18H28N2O3/c1-4-15-7-5-8-16(17(15)21)18(22)19-9-6-10-20-11-13(2)23-14(3)12-20/h5,7-8,13-14,21H,4,6,9-12H2,1-3H3,(H,19,22). The average Bonchev–Trinajstić information content (AvgIpc) is 2.50. The van der Waals surface area contributed by atoms with E-state index in [-0.39, 0.29) is 23.9 Å². The van der Waals surface area contributed by atoms with Crippen molar-refractivity contribution in [3.05, 3.63) is 29.3 Å². The van der Waals surface area contributed by atoms with E-state index in [1.165, 1.54) is 0 Å². The first-order valence-corrected chi connectivity index (χ1v) is 8.48. The lowest BCUT2D eigenvalue weighted by Gasteiger charge is -2.35. The largest absolute Gasteiger partial charge is 0.507 e. The highest BCUT2D eigenvalue weighted by Gasteiger charge is 2.21. The highest BCUT2D eigenvalue weighted by molar-refractivity contribution is 5.97. The van der Waals surface area contributed by atoms with Gasteiger partial charge in [0.25, 0.3) is 5.91 Å². The molecule has 1 aliphatic heterocycles. The van der Waals surface area contributed by atoms with Crippen molar-refractivity contribution in [2.75, 3.05) is 26.2 Å². The monoisotopic (exact) mass is 320 g/mol. The van der Waals surface area contributed by atoms with E-state index in [0.717, 1.165) is 31.6 Å². The van der Waals surface area contributed by atoms with Crippen molar-refractivity contribution < 1.29 is 14.6 Å². The predicted molar refractivity (Wildman–Crippen MR) is 90.9 cm³/mol. The van der Waals surface area contributed by atoms with Crippen LogP contribution >= 0.6 is 0 Å². The van der Waals surface area contributed by atoms with E-state index >= 15 is 0 Å². The van der Waals surface area contributed by atoms with E-state index < -0.39 is 0 Å². The van der Waals surface area contributed by atoms with Gasteiger partial charge in [-0.15, -0.1) is 0 Å². The number of phenolic OH excluding ortho intramolecular Hbond substituents is 1. The minimum Gasteiger partial charge on any atom is -0.507 e. The van der Waals surface area contributed by atoms with E-state index in [4.69, 9.17) is 4.74 Å². The number of carbonyl (C=O) groups excluding carboxylic acids is 1. The summed E-state index contributed by atoms with van der Waals surface area (Å²) in [7, 11) is 0. The number of aryl methyl sites for hydroxylation is 1. The van der Waals surface area contributed by atoms with Crippen LogP contribution in [-0.4, -0.2) is 54.3 Å². The third-order valence-electron chi connectivity index (χ3n) is 4.18. The quantitative estimate of drug-likeness (QED) is 0.789. The van der Waals surface area contributed by atoms with E-state index in [9.17, 15) is 9.90 Å². The molecule has 2 rings (SSSR count). The Labute approximate surface area is 138 Å². The molecule has 1 amide bonds.